The normalized spacial score (nSPS) is 16.1. The van der Waals surface area contributed by atoms with Crippen LogP contribution in [0.25, 0.3) is 0 Å². The lowest BCUT2D eigenvalue weighted by atomic mass is 10.1. The number of anilines is 1. The molecule has 1 aliphatic rings. The van der Waals surface area contributed by atoms with Crippen molar-refractivity contribution in [1.29, 1.82) is 0 Å². The Balaban J connectivity index is 2.10. The first-order chi connectivity index (χ1) is 8.15. The molecule has 1 aromatic carbocycles. The molecular formula is C14H17NO2. The number of ketones is 2. The average molecular weight is 231 g/mol. The molecule has 0 aromatic heterocycles. The molecule has 0 unspecified atom stereocenters. The van der Waals surface area contributed by atoms with Gasteiger partial charge in [-0.25, -0.2) is 0 Å². The molecule has 0 bridgehead atoms. The summed E-state index contributed by atoms with van der Waals surface area (Å²) >= 11 is 0. The summed E-state index contributed by atoms with van der Waals surface area (Å²) in [6.07, 6.45) is 1.76. The molecule has 1 aromatic rings. The summed E-state index contributed by atoms with van der Waals surface area (Å²) in [7, 11) is 0. The minimum atomic E-state index is 0.177. The van der Waals surface area contributed by atoms with Crippen LogP contribution in [0.3, 0.4) is 0 Å². The maximum atomic E-state index is 11.2. The number of benzene rings is 1. The lowest BCUT2D eigenvalue weighted by Crippen LogP contribution is -2.33. The fourth-order valence-corrected chi connectivity index (χ4v) is 2.16. The SMILES string of the molecule is CC(=O)Cc1cccc(N2CCC(=O)CC2)c1. The van der Waals surface area contributed by atoms with Crippen LogP contribution in [0.15, 0.2) is 24.3 Å². The third-order valence-electron chi connectivity index (χ3n) is 3.05. The van der Waals surface area contributed by atoms with Crippen molar-refractivity contribution in [1.82, 2.24) is 0 Å². The van der Waals surface area contributed by atoms with Gasteiger partial charge in [0, 0.05) is 38.0 Å². The van der Waals surface area contributed by atoms with Crippen LogP contribution in [0.4, 0.5) is 5.69 Å². The smallest absolute Gasteiger partial charge is 0.136 e. The Morgan fingerprint density at radius 1 is 1.29 bits per heavy atom. The number of carbonyl (C=O) groups excluding carboxylic acids is 2. The van der Waals surface area contributed by atoms with Crippen molar-refractivity contribution in [3.05, 3.63) is 29.8 Å². The van der Waals surface area contributed by atoms with E-state index in [1.165, 1.54) is 0 Å². The predicted octanol–water partition coefficient (Wildman–Crippen LogP) is 1.99. The topological polar surface area (TPSA) is 37.4 Å². The van der Waals surface area contributed by atoms with Crippen LogP contribution < -0.4 is 4.90 Å². The van der Waals surface area contributed by atoms with E-state index in [2.05, 4.69) is 11.0 Å². The van der Waals surface area contributed by atoms with Crippen LogP contribution in [-0.4, -0.2) is 24.7 Å². The van der Waals surface area contributed by atoms with Crippen molar-refractivity contribution in [2.75, 3.05) is 18.0 Å². The molecule has 3 heteroatoms. The standard InChI is InChI=1S/C14H17NO2/c1-11(16)9-12-3-2-4-13(10-12)15-7-5-14(17)6-8-15/h2-4,10H,5-9H2,1H3. The molecule has 0 spiro atoms. The Morgan fingerprint density at radius 2 is 2.00 bits per heavy atom. The van der Waals surface area contributed by atoms with Crippen molar-refractivity contribution >= 4 is 17.3 Å². The van der Waals surface area contributed by atoms with Crippen LogP contribution in [-0.2, 0) is 16.0 Å². The Morgan fingerprint density at radius 3 is 2.65 bits per heavy atom. The zero-order valence-electron chi connectivity index (χ0n) is 10.1. The van der Waals surface area contributed by atoms with Gasteiger partial charge in [0.2, 0.25) is 0 Å². The van der Waals surface area contributed by atoms with Gasteiger partial charge in [0.1, 0.15) is 11.6 Å². The number of hydrogen-bond acceptors (Lipinski definition) is 3. The highest BCUT2D eigenvalue weighted by Crippen LogP contribution is 2.20. The van der Waals surface area contributed by atoms with Crippen LogP contribution >= 0.6 is 0 Å². The Hall–Kier alpha value is -1.64. The number of Topliss-reactive ketones (excluding diaryl/α,β-unsaturated/α-hetero) is 2. The highest BCUT2D eigenvalue weighted by atomic mass is 16.1. The molecule has 1 saturated heterocycles. The van der Waals surface area contributed by atoms with Gasteiger partial charge in [-0.05, 0) is 24.6 Å². The zero-order chi connectivity index (χ0) is 12.3. The summed E-state index contributed by atoms with van der Waals surface area (Å²) in [5, 5.41) is 0. The molecule has 0 atom stereocenters. The molecule has 1 fully saturated rings. The highest BCUT2D eigenvalue weighted by molar-refractivity contribution is 5.81. The molecule has 2 rings (SSSR count). The van der Waals surface area contributed by atoms with Crippen LogP contribution in [0.2, 0.25) is 0 Å². The fraction of sp³-hybridized carbons (Fsp3) is 0.429. The van der Waals surface area contributed by atoms with Crippen molar-refractivity contribution in [3.63, 3.8) is 0 Å². The summed E-state index contributed by atoms with van der Waals surface area (Å²) < 4.78 is 0. The maximum absolute atomic E-state index is 11.2. The largest absolute Gasteiger partial charge is 0.371 e. The number of rotatable bonds is 3. The molecule has 0 amide bonds. The van der Waals surface area contributed by atoms with E-state index in [0.29, 0.717) is 25.0 Å². The quantitative estimate of drug-likeness (QED) is 0.798. The summed E-state index contributed by atoms with van der Waals surface area (Å²) in [4.78, 5) is 24.5. The first-order valence-electron chi connectivity index (χ1n) is 6.00. The van der Waals surface area contributed by atoms with E-state index in [1.54, 1.807) is 6.92 Å². The van der Waals surface area contributed by atoms with Crippen molar-refractivity contribution in [2.24, 2.45) is 0 Å². The predicted molar refractivity (Wildman–Crippen MR) is 67.3 cm³/mol. The Labute approximate surface area is 101 Å². The Bertz CT molecular complexity index is 430. The van der Waals surface area contributed by atoms with Gasteiger partial charge in [0.05, 0.1) is 0 Å². The van der Waals surface area contributed by atoms with Gasteiger partial charge in [-0.15, -0.1) is 0 Å². The van der Waals surface area contributed by atoms with Gasteiger partial charge in [-0.2, -0.15) is 0 Å². The monoisotopic (exact) mass is 231 g/mol. The van der Waals surface area contributed by atoms with Gasteiger partial charge < -0.3 is 4.90 Å². The molecule has 1 heterocycles. The lowest BCUT2D eigenvalue weighted by molar-refractivity contribution is -0.119. The first-order valence-corrected chi connectivity index (χ1v) is 6.00. The number of carbonyl (C=O) groups is 2. The van der Waals surface area contributed by atoms with Crippen LogP contribution in [0, 0.1) is 0 Å². The van der Waals surface area contributed by atoms with Crippen molar-refractivity contribution in [3.8, 4) is 0 Å². The summed E-state index contributed by atoms with van der Waals surface area (Å²) in [5.74, 6) is 0.525. The molecule has 0 N–H and O–H groups in total. The minimum absolute atomic E-state index is 0.177. The van der Waals surface area contributed by atoms with Crippen molar-refractivity contribution in [2.45, 2.75) is 26.2 Å². The van der Waals surface area contributed by atoms with E-state index < -0.39 is 0 Å². The summed E-state index contributed by atoms with van der Waals surface area (Å²) in [6.45, 7) is 3.19. The molecule has 90 valence electrons. The second-order valence-corrected chi connectivity index (χ2v) is 4.57. The minimum Gasteiger partial charge on any atom is -0.371 e. The van der Waals surface area contributed by atoms with Gasteiger partial charge in [-0.1, -0.05) is 12.1 Å². The van der Waals surface area contributed by atoms with E-state index in [-0.39, 0.29) is 5.78 Å². The first kappa shape index (κ1) is 11.8. The van der Waals surface area contributed by atoms with Gasteiger partial charge in [0.25, 0.3) is 0 Å². The van der Waals surface area contributed by atoms with Crippen molar-refractivity contribution < 1.29 is 9.59 Å². The molecule has 1 aliphatic heterocycles. The number of nitrogens with zero attached hydrogens (tertiary/aromatic N) is 1. The second-order valence-electron chi connectivity index (χ2n) is 4.57. The van der Waals surface area contributed by atoms with Crippen LogP contribution in [0.1, 0.15) is 25.3 Å². The van der Waals surface area contributed by atoms with Gasteiger partial charge in [-0.3, -0.25) is 9.59 Å². The summed E-state index contributed by atoms with van der Waals surface area (Å²) in [6, 6.07) is 8.04. The van der Waals surface area contributed by atoms with Gasteiger partial charge >= 0.3 is 0 Å². The Kier molecular flexibility index (Phi) is 3.57. The van der Waals surface area contributed by atoms with E-state index >= 15 is 0 Å². The maximum Gasteiger partial charge on any atom is 0.136 e. The van der Waals surface area contributed by atoms with E-state index in [9.17, 15) is 9.59 Å². The second kappa shape index (κ2) is 5.13. The average Bonchev–Trinajstić information content (AvgIpc) is 2.29. The molecular weight excluding hydrogens is 214 g/mol. The molecule has 3 nitrogen and oxygen atoms in total. The molecule has 0 aliphatic carbocycles. The van der Waals surface area contributed by atoms with E-state index in [1.807, 2.05) is 18.2 Å². The number of hydrogen-bond donors (Lipinski definition) is 0. The third kappa shape index (κ3) is 3.16. The van der Waals surface area contributed by atoms with E-state index in [0.717, 1.165) is 24.3 Å². The molecule has 0 saturated carbocycles. The lowest BCUT2D eigenvalue weighted by Gasteiger charge is -2.28. The van der Waals surface area contributed by atoms with E-state index in [4.69, 9.17) is 0 Å². The fourth-order valence-electron chi connectivity index (χ4n) is 2.16. The third-order valence-corrected chi connectivity index (χ3v) is 3.05. The zero-order valence-corrected chi connectivity index (χ0v) is 10.1. The van der Waals surface area contributed by atoms with Gasteiger partial charge in [0.15, 0.2) is 0 Å². The highest BCUT2D eigenvalue weighted by Gasteiger charge is 2.16. The molecule has 0 radical (unpaired) electrons. The summed E-state index contributed by atoms with van der Waals surface area (Å²) in [5.41, 5.74) is 2.17. The molecule has 17 heavy (non-hydrogen) atoms. The number of piperidine rings is 1. The van der Waals surface area contributed by atoms with Crippen LogP contribution in [0.5, 0.6) is 0 Å².